The summed E-state index contributed by atoms with van der Waals surface area (Å²) >= 11 is 2.12. The number of rotatable bonds is 3. The summed E-state index contributed by atoms with van der Waals surface area (Å²) in [5.41, 5.74) is 0. The highest BCUT2D eigenvalue weighted by Crippen LogP contribution is 2.19. The van der Waals surface area contributed by atoms with Crippen LogP contribution in [0.1, 0.15) is 40.0 Å². The maximum atomic E-state index is 2.70. The molecule has 0 aromatic rings. The summed E-state index contributed by atoms with van der Waals surface area (Å²) in [5, 5.41) is 0. The van der Waals surface area contributed by atoms with Crippen LogP contribution in [-0.4, -0.2) is 35.0 Å². The fraction of sp³-hybridized carbons (Fsp3) is 1.00. The quantitative estimate of drug-likeness (QED) is 0.690. The van der Waals surface area contributed by atoms with Gasteiger partial charge >= 0.3 is 0 Å². The van der Waals surface area contributed by atoms with Crippen molar-refractivity contribution in [2.75, 3.05) is 18.1 Å². The molecule has 0 bridgehead atoms. The lowest BCUT2D eigenvalue weighted by Gasteiger charge is -2.32. The number of thioether (sulfide) groups is 1. The number of nitrogens with zero attached hydrogens (tertiary/aromatic N) is 1. The van der Waals surface area contributed by atoms with Crippen LogP contribution >= 0.6 is 11.8 Å². The van der Waals surface area contributed by atoms with Crippen molar-refractivity contribution in [1.29, 1.82) is 0 Å². The van der Waals surface area contributed by atoms with Crippen LogP contribution in [0.4, 0.5) is 0 Å². The van der Waals surface area contributed by atoms with Crippen LogP contribution in [0.15, 0.2) is 0 Å². The van der Waals surface area contributed by atoms with E-state index >= 15 is 0 Å². The Morgan fingerprint density at radius 2 is 2.23 bits per heavy atom. The molecule has 0 aromatic heterocycles. The van der Waals surface area contributed by atoms with E-state index in [-0.39, 0.29) is 0 Å². The third-order valence-corrected chi connectivity index (χ3v) is 4.01. The average molecular weight is 201 g/mol. The van der Waals surface area contributed by atoms with E-state index in [9.17, 15) is 0 Å². The third-order valence-electron chi connectivity index (χ3n) is 3.01. The highest BCUT2D eigenvalue weighted by atomic mass is 32.2. The van der Waals surface area contributed by atoms with E-state index < -0.39 is 0 Å². The molecular weight excluding hydrogens is 178 g/mol. The van der Waals surface area contributed by atoms with Gasteiger partial charge in [-0.2, -0.15) is 11.8 Å². The Hall–Kier alpha value is 0.310. The zero-order valence-corrected chi connectivity index (χ0v) is 10.1. The van der Waals surface area contributed by atoms with Crippen molar-refractivity contribution >= 4 is 11.8 Å². The first-order valence-corrected chi connectivity index (χ1v) is 6.74. The fourth-order valence-corrected chi connectivity index (χ4v) is 3.20. The second kappa shape index (κ2) is 5.92. The van der Waals surface area contributed by atoms with Gasteiger partial charge in [0, 0.05) is 24.4 Å². The van der Waals surface area contributed by atoms with Crippen LogP contribution < -0.4 is 0 Å². The molecule has 0 aromatic carbocycles. The summed E-state index contributed by atoms with van der Waals surface area (Å²) in [6, 6.07) is 1.59. The molecule has 1 heterocycles. The minimum atomic E-state index is 0.790. The largest absolute Gasteiger partial charge is 0.297 e. The van der Waals surface area contributed by atoms with Gasteiger partial charge in [-0.05, 0) is 32.4 Å². The topological polar surface area (TPSA) is 3.24 Å². The minimum absolute atomic E-state index is 0.790. The lowest BCUT2D eigenvalue weighted by molar-refractivity contribution is 0.156. The summed E-state index contributed by atoms with van der Waals surface area (Å²) in [4.78, 5) is 2.70. The van der Waals surface area contributed by atoms with E-state index in [1.807, 2.05) is 0 Å². The average Bonchev–Trinajstić information content (AvgIpc) is 2.30. The van der Waals surface area contributed by atoms with Crippen molar-refractivity contribution in [2.45, 2.75) is 52.1 Å². The van der Waals surface area contributed by atoms with Gasteiger partial charge in [-0.15, -0.1) is 0 Å². The second-order valence-electron chi connectivity index (χ2n) is 4.13. The molecule has 13 heavy (non-hydrogen) atoms. The zero-order chi connectivity index (χ0) is 9.68. The van der Waals surface area contributed by atoms with Crippen molar-refractivity contribution in [3.63, 3.8) is 0 Å². The Balaban J connectivity index is 2.43. The maximum absolute atomic E-state index is 2.70. The van der Waals surface area contributed by atoms with Gasteiger partial charge in [-0.1, -0.05) is 13.3 Å². The van der Waals surface area contributed by atoms with Crippen molar-refractivity contribution in [3.8, 4) is 0 Å². The van der Waals surface area contributed by atoms with Crippen molar-refractivity contribution < 1.29 is 0 Å². The minimum Gasteiger partial charge on any atom is -0.297 e. The van der Waals surface area contributed by atoms with E-state index in [0.717, 1.165) is 12.1 Å². The molecule has 0 N–H and O–H groups in total. The monoisotopic (exact) mass is 201 g/mol. The Morgan fingerprint density at radius 3 is 2.92 bits per heavy atom. The highest BCUT2D eigenvalue weighted by molar-refractivity contribution is 7.99. The van der Waals surface area contributed by atoms with E-state index in [1.54, 1.807) is 0 Å². The first-order valence-electron chi connectivity index (χ1n) is 5.59. The SMILES string of the molecule is CCCC(C)N1CCSCCC1C. The third kappa shape index (κ3) is 3.51. The molecule has 2 unspecified atom stereocenters. The molecule has 78 valence electrons. The first kappa shape index (κ1) is 11.4. The van der Waals surface area contributed by atoms with Gasteiger partial charge in [0.25, 0.3) is 0 Å². The summed E-state index contributed by atoms with van der Waals surface area (Å²) in [6.07, 6.45) is 4.05. The summed E-state index contributed by atoms with van der Waals surface area (Å²) in [5.74, 6) is 2.69. The lowest BCUT2D eigenvalue weighted by atomic mass is 10.1. The van der Waals surface area contributed by atoms with Gasteiger partial charge in [-0.3, -0.25) is 4.90 Å². The van der Waals surface area contributed by atoms with Crippen molar-refractivity contribution in [1.82, 2.24) is 4.90 Å². The van der Waals surface area contributed by atoms with Crippen LogP contribution in [0.25, 0.3) is 0 Å². The number of hydrogen-bond donors (Lipinski definition) is 0. The molecule has 0 amide bonds. The molecule has 0 spiro atoms. The normalized spacial score (nSPS) is 28.4. The van der Waals surface area contributed by atoms with E-state index in [4.69, 9.17) is 0 Å². The Kier molecular flexibility index (Phi) is 5.18. The second-order valence-corrected chi connectivity index (χ2v) is 5.35. The van der Waals surface area contributed by atoms with Gasteiger partial charge in [-0.25, -0.2) is 0 Å². The van der Waals surface area contributed by atoms with Crippen LogP contribution in [0.2, 0.25) is 0 Å². The van der Waals surface area contributed by atoms with Gasteiger partial charge in [0.05, 0.1) is 0 Å². The summed E-state index contributed by atoms with van der Waals surface area (Å²) in [7, 11) is 0. The molecule has 1 rings (SSSR count). The van der Waals surface area contributed by atoms with Crippen molar-refractivity contribution in [2.24, 2.45) is 0 Å². The van der Waals surface area contributed by atoms with Gasteiger partial charge in [0.15, 0.2) is 0 Å². The zero-order valence-electron chi connectivity index (χ0n) is 9.25. The molecule has 0 saturated carbocycles. The predicted octanol–water partition coefficient (Wildman–Crippen LogP) is 3.00. The fourth-order valence-electron chi connectivity index (χ4n) is 2.15. The van der Waals surface area contributed by atoms with Crippen LogP contribution in [0, 0.1) is 0 Å². The van der Waals surface area contributed by atoms with Crippen molar-refractivity contribution in [3.05, 3.63) is 0 Å². The van der Waals surface area contributed by atoms with E-state index in [2.05, 4.69) is 37.4 Å². The molecule has 2 atom stereocenters. The van der Waals surface area contributed by atoms with Gasteiger partial charge in [0.1, 0.15) is 0 Å². The Bertz CT molecular complexity index is 138. The molecule has 1 saturated heterocycles. The number of hydrogen-bond acceptors (Lipinski definition) is 2. The predicted molar refractivity (Wildman–Crippen MR) is 62.5 cm³/mol. The molecule has 0 aliphatic carbocycles. The van der Waals surface area contributed by atoms with Gasteiger partial charge < -0.3 is 0 Å². The molecule has 1 aliphatic heterocycles. The Morgan fingerprint density at radius 1 is 1.46 bits per heavy atom. The molecule has 1 fully saturated rings. The van der Waals surface area contributed by atoms with E-state index in [1.165, 1.54) is 37.3 Å². The molecule has 0 radical (unpaired) electrons. The molecule has 1 aliphatic rings. The van der Waals surface area contributed by atoms with Crippen LogP contribution in [0.5, 0.6) is 0 Å². The smallest absolute Gasteiger partial charge is 0.00780 e. The summed E-state index contributed by atoms with van der Waals surface area (Å²) in [6.45, 7) is 8.36. The molecule has 1 nitrogen and oxygen atoms in total. The standard InChI is InChI=1S/C11H23NS/c1-4-5-10(2)12-7-9-13-8-6-11(12)3/h10-11H,4-9H2,1-3H3. The molecular formula is C11H23NS. The Labute approximate surface area is 87.3 Å². The van der Waals surface area contributed by atoms with E-state index in [0.29, 0.717) is 0 Å². The molecule has 2 heteroatoms. The van der Waals surface area contributed by atoms with Crippen LogP contribution in [-0.2, 0) is 0 Å². The summed E-state index contributed by atoms with van der Waals surface area (Å²) < 4.78 is 0. The van der Waals surface area contributed by atoms with Gasteiger partial charge in [0.2, 0.25) is 0 Å². The maximum Gasteiger partial charge on any atom is 0.00780 e. The highest BCUT2D eigenvalue weighted by Gasteiger charge is 2.20. The lowest BCUT2D eigenvalue weighted by Crippen LogP contribution is -2.40. The first-order chi connectivity index (χ1) is 6.25. The van der Waals surface area contributed by atoms with Crippen LogP contribution in [0.3, 0.4) is 0 Å².